The molecule has 0 aliphatic heterocycles. The molecule has 4 aromatic carbocycles. The van der Waals surface area contributed by atoms with E-state index in [9.17, 15) is 4.79 Å². The van der Waals surface area contributed by atoms with Gasteiger partial charge in [0.1, 0.15) is 17.3 Å². The Morgan fingerprint density at radius 2 is 1.31 bits per heavy atom. The summed E-state index contributed by atoms with van der Waals surface area (Å²) in [6.07, 6.45) is 0. The van der Waals surface area contributed by atoms with Gasteiger partial charge in [-0.1, -0.05) is 48.5 Å². The van der Waals surface area contributed by atoms with Gasteiger partial charge in [-0.15, -0.1) is 0 Å². The van der Waals surface area contributed by atoms with Crippen molar-refractivity contribution < 1.29 is 9.53 Å². The molecule has 6 aromatic rings. The maximum Gasteiger partial charge on any atom is 0.323 e. The molecule has 5 N–H and O–H groups in total. The first-order valence-corrected chi connectivity index (χ1v) is 12.3. The van der Waals surface area contributed by atoms with Gasteiger partial charge in [-0.25, -0.2) is 9.78 Å². The molecule has 8 nitrogen and oxygen atoms in total. The number of para-hydroxylation sites is 2. The number of nitrogen functional groups attached to an aromatic ring is 1. The van der Waals surface area contributed by atoms with Crippen LogP contribution in [0, 0.1) is 0 Å². The Labute approximate surface area is 224 Å². The number of benzene rings is 4. The molecule has 0 unspecified atom stereocenters. The zero-order valence-electron chi connectivity index (χ0n) is 20.8. The van der Waals surface area contributed by atoms with Crippen LogP contribution in [-0.4, -0.2) is 21.2 Å². The molecular formula is C31H24N6O2. The fourth-order valence-electron chi connectivity index (χ4n) is 4.26. The van der Waals surface area contributed by atoms with Gasteiger partial charge in [-0.3, -0.25) is 5.10 Å². The minimum absolute atomic E-state index is 0.317. The van der Waals surface area contributed by atoms with Gasteiger partial charge >= 0.3 is 6.03 Å². The van der Waals surface area contributed by atoms with E-state index in [0.29, 0.717) is 22.7 Å². The zero-order valence-corrected chi connectivity index (χ0v) is 20.8. The predicted octanol–water partition coefficient (Wildman–Crippen LogP) is 7.31. The predicted molar refractivity (Wildman–Crippen MR) is 155 cm³/mol. The van der Waals surface area contributed by atoms with Crippen molar-refractivity contribution in [2.45, 2.75) is 0 Å². The number of nitrogens with two attached hydrogens (primary N) is 1. The SMILES string of the molecule is Nc1[nH]nc2cc(-c3ccc(NC(=O)Nc4ccccc4)cc3)nc(-c3ccc(Oc4ccccc4)cc3)c12. The number of pyridine rings is 1. The molecule has 0 radical (unpaired) electrons. The summed E-state index contributed by atoms with van der Waals surface area (Å²) in [6.45, 7) is 0. The van der Waals surface area contributed by atoms with E-state index in [1.54, 1.807) is 0 Å². The fourth-order valence-corrected chi connectivity index (χ4v) is 4.26. The van der Waals surface area contributed by atoms with Gasteiger partial charge in [0.15, 0.2) is 0 Å². The lowest BCUT2D eigenvalue weighted by Crippen LogP contribution is -2.19. The highest BCUT2D eigenvalue weighted by molar-refractivity contribution is 6.02. The first-order chi connectivity index (χ1) is 19.1. The minimum Gasteiger partial charge on any atom is -0.457 e. The average Bonchev–Trinajstić information content (AvgIpc) is 3.35. The summed E-state index contributed by atoms with van der Waals surface area (Å²) < 4.78 is 5.93. The molecule has 2 heterocycles. The number of amides is 2. The lowest BCUT2D eigenvalue weighted by molar-refractivity contribution is 0.262. The smallest absolute Gasteiger partial charge is 0.323 e. The topological polar surface area (TPSA) is 118 Å². The van der Waals surface area contributed by atoms with E-state index in [1.165, 1.54) is 0 Å². The maximum atomic E-state index is 12.3. The number of H-pyrrole nitrogens is 1. The average molecular weight is 513 g/mol. The summed E-state index contributed by atoms with van der Waals surface area (Å²) in [5.74, 6) is 1.94. The quantitative estimate of drug-likeness (QED) is 0.187. The molecule has 0 aliphatic rings. The molecule has 190 valence electrons. The number of urea groups is 1. The van der Waals surface area contributed by atoms with Crippen molar-refractivity contribution in [3.05, 3.63) is 115 Å². The second-order valence-corrected chi connectivity index (χ2v) is 8.85. The van der Waals surface area contributed by atoms with Crippen LogP contribution in [0.25, 0.3) is 33.4 Å². The number of carbonyl (C=O) groups is 1. The zero-order chi connectivity index (χ0) is 26.6. The van der Waals surface area contributed by atoms with Crippen LogP contribution in [0.5, 0.6) is 11.5 Å². The molecule has 0 aliphatic carbocycles. The Bertz CT molecular complexity index is 1730. The van der Waals surface area contributed by atoms with Crippen molar-refractivity contribution in [1.82, 2.24) is 15.2 Å². The molecule has 2 aromatic heterocycles. The van der Waals surface area contributed by atoms with Gasteiger partial charge in [0.25, 0.3) is 0 Å². The normalized spacial score (nSPS) is 10.8. The number of hydrogen-bond donors (Lipinski definition) is 4. The third kappa shape index (κ3) is 5.26. The fraction of sp³-hybridized carbons (Fsp3) is 0. The number of ether oxygens (including phenoxy) is 1. The van der Waals surface area contributed by atoms with Crippen LogP contribution < -0.4 is 21.1 Å². The van der Waals surface area contributed by atoms with E-state index in [0.717, 1.165) is 39.4 Å². The first-order valence-electron chi connectivity index (χ1n) is 12.3. The standard InChI is InChI=1S/C31H24N6O2/c32-30-28-27(36-37-30)19-26(20-11-15-23(16-12-20)34-31(38)33-22-7-3-1-4-8-22)35-29(28)21-13-17-25(18-14-21)39-24-9-5-2-6-10-24/h1-19H,(H3,32,36,37)(H2,33,34,38). The van der Waals surface area contributed by atoms with Gasteiger partial charge in [0.05, 0.1) is 22.3 Å². The number of nitrogens with one attached hydrogen (secondary N) is 3. The Morgan fingerprint density at radius 1 is 0.718 bits per heavy atom. The largest absolute Gasteiger partial charge is 0.457 e. The van der Waals surface area contributed by atoms with Crippen LogP contribution in [0.15, 0.2) is 115 Å². The van der Waals surface area contributed by atoms with Crippen molar-refractivity contribution in [3.63, 3.8) is 0 Å². The number of fused-ring (bicyclic) bond motifs is 1. The molecule has 0 saturated heterocycles. The molecule has 39 heavy (non-hydrogen) atoms. The number of anilines is 3. The molecule has 0 atom stereocenters. The molecule has 8 heteroatoms. The van der Waals surface area contributed by atoms with Crippen molar-refractivity contribution in [3.8, 4) is 34.0 Å². The highest BCUT2D eigenvalue weighted by atomic mass is 16.5. The number of hydrogen-bond acceptors (Lipinski definition) is 5. The van der Waals surface area contributed by atoms with Crippen molar-refractivity contribution in [2.24, 2.45) is 0 Å². The van der Waals surface area contributed by atoms with E-state index >= 15 is 0 Å². The van der Waals surface area contributed by atoms with Gasteiger partial charge in [-0.05, 0) is 66.7 Å². The van der Waals surface area contributed by atoms with E-state index in [2.05, 4.69) is 20.8 Å². The summed E-state index contributed by atoms with van der Waals surface area (Å²) in [7, 11) is 0. The summed E-state index contributed by atoms with van der Waals surface area (Å²) in [5, 5.41) is 13.7. The molecule has 0 fully saturated rings. The summed E-state index contributed by atoms with van der Waals surface area (Å²) in [6, 6.07) is 35.7. The second-order valence-electron chi connectivity index (χ2n) is 8.85. The maximum absolute atomic E-state index is 12.3. The molecule has 0 saturated carbocycles. The lowest BCUT2D eigenvalue weighted by Gasteiger charge is -2.11. The molecular weight excluding hydrogens is 488 g/mol. The molecule has 0 spiro atoms. The van der Waals surface area contributed by atoms with Gasteiger partial charge in [-0.2, -0.15) is 5.10 Å². The van der Waals surface area contributed by atoms with E-state index < -0.39 is 0 Å². The number of rotatable bonds is 6. The Hall–Kier alpha value is -5.63. The molecule has 6 rings (SSSR count). The van der Waals surface area contributed by atoms with Crippen LogP contribution in [0.2, 0.25) is 0 Å². The highest BCUT2D eigenvalue weighted by Gasteiger charge is 2.15. The number of carbonyl (C=O) groups excluding carboxylic acids is 1. The van der Waals surface area contributed by atoms with E-state index in [4.69, 9.17) is 15.5 Å². The van der Waals surface area contributed by atoms with Crippen LogP contribution in [0.1, 0.15) is 0 Å². The van der Waals surface area contributed by atoms with Gasteiger partial charge < -0.3 is 21.1 Å². The van der Waals surface area contributed by atoms with E-state index in [-0.39, 0.29) is 6.03 Å². The molecule has 2 amide bonds. The summed E-state index contributed by atoms with van der Waals surface area (Å²) >= 11 is 0. The Morgan fingerprint density at radius 3 is 2.00 bits per heavy atom. The van der Waals surface area contributed by atoms with Crippen LogP contribution in [0.4, 0.5) is 22.0 Å². The third-order valence-electron chi connectivity index (χ3n) is 6.14. The molecule has 0 bridgehead atoms. The number of aromatic amines is 1. The monoisotopic (exact) mass is 512 g/mol. The second kappa shape index (κ2) is 10.4. The summed E-state index contributed by atoms with van der Waals surface area (Å²) in [5.41, 5.74) is 11.5. The van der Waals surface area contributed by atoms with E-state index in [1.807, 2.05) is 115 Å². The highest BCUT2D eigenvalue weighted by Crippen LogP contribution is 2.34. The Balaban J connectivity index is 1.26. The van der Waals surface area contributed by atoms with Crippen LogP contribution in [0.3, 0.4) is 0 Å². The van der Waals surface area contributed by atoms with Crippen LogP contribution in [-0.2, 0) is 0 Å². The van der Waals surface area contributed by atoms with Crippen molar-refractivity contribution >= 4 is 34.1 Å². The third-order valence-corrected chi connectivity index (χ3v) is 6.14. The van der Waals surface area contributed by atoms with Gasteiger partial charge in [0.2, 0.25) is 0 Å². The Kier molecular flexibility index (Phi) is 6.33. The lowest BCUT2D eigenvalue weighted by atomic mass is 10.0. The van der Waals surface area contributed by atoms with Gasteiger partial charge in [0, 0.05) is 22.5 Å². The van der Waals surface area contributed by atoms with Crippen molar-refractivity contribution in [1.29, 1.82) is 0 Å². The minimum atomic E-state index is -0.317. The first kappa shape index (κ1) is 23.7. The summed E-state index contributed by atoms with van der Waals surface area (Å²) in [4.78, 5) is 17.3. The van der Waals surface area contributed by atoms with Crippen LogP contribution >= 0.6 is 0 Å². The van der Waals surface area contributed by atoms with Crippen molar-refractivity contribution in [2.75, 3.05) is 16.4 Å². The number of nitrogens with zero attached hydrogens (tertiary/aromatic N) is 2. The number of aromatic nitrogens is 3.